The number of fused-ring (bicyclic) bond motifs is 3. The average molecular weight is 361 g/mol. The minimum Gasteiger partial charge on any atom is -0.368 e. The molecule has 2 aromatic carbocycles. The summed E-state index contributed by atoms with van der Waals surface area (Å²) in [6, 6.07) is 13.6. The number of hydrogen-bond donors (Lipinski definition) is 0. The highest BCUT2D eigenvalue weighted by atomic mass is 19.4. The van der Waals surface area contributed by atoms with Gasteiger partial charge in [0.1, 0.15) is 0 Å². The van der Waals surface area contributed by atoms with Crippen LogP contribution >= 0.6 is 0 Å². The van der Waals surface area contributed by atoms with Crippen molar-refractivity contribution in [2.24, 2.45) is 0 Å². The number of nitrogens with zero attached hydrogens (tertiary/aromatic N) is 1. The molecule has 0 aliphatic carbocycles. The fourth-order valence-electron chi connectivity index (χ4n) is 4.06. The third kappa shape index (κ3) is 2.69. The maximum Gasteiger partial charge on any atom is 0.416 e. The van der Waals surface area contributed by atoms with Crippen LogP contribution in [0.2, 0.25) is 0 Å². The van der Waals surface area contributed by atoms with Crippen molar-refractivity contribution in [2.45, 2.75) is 37.8 Å². The van der Waals surface area contributed by atoms with Crippen molar-refractivity contribution in [3.8, 4) is 0 Å². The van der Waals surface area contributed by atoms with Crippen LogP contribution in [0, 0.1) is 0 Å². The van der Waals surface area contributed by atoms with Gasteiger partial charge in [-0.1, -0.05) is 42.5 Å². The van der Waals surface area contributed by atoms with E-state index in [9.17, 15) is 18.0 Å². The molecule has 0 saturated carbocycles. The standard InChI is InChI=1S/C20H18F3NO2/c1-19-12-24(10-13-6-3-2-4-7-13)18(25)17(19)14-8-5-9-16(20(21,22)23)15(14)11-26-19/h2-9,17H,10-12H2,1H3/t17-,19+/m1/s1. The number of carbonyl (C=O) groups excluding carboxylic acids is 1. The second-order valence-electron chi connectivity index (χ2n) is 7.09. The van der Waals surface area contributed by atoms with Gasteiger partial charge in [-0.15, -0.1) is 0 Å². The van der Waals surface area contributed by atoms with E-state index in [-0.39, 0.29) is 18.1 Å². The van der Waals surface area contributed by atoms with Gasteiger partial charge >= 0.3 is 6.18 Å². The molecule has 2 aromatic rings. The Hall–Kier alpha value is -2.34. The van der Waals surface area contributed by atoms with Crippen LogP contribution in [0.1, 0.15) is 35.1 Å². The van der Waals surface area contributed by atoms with E-state index in [2.05, 4.69) is 0 Å². The number of ether oxygens (including phenoxy) is 1. The molecule has 1 fully saturated rings. The predicted octanol–water partition coefficient (Wildman–Crippen LogP) is 4.12. The molecule has 1 saturated heterocycles. The second-order valence-corrected chi connectivity index (χ2v) is 7.09. The lowest BCUT2D eigenvalue weighted by Crippen LogP contribution is -2.41. The van der Waals surface area contributed by atoms with Crippen LogP contribution in [0.3, 0.4) is 0 Å². The number of carbonyl (C=O) groups is 1. The smallest absolute Gasteiger partial charge is 0.368 e. The Balaban J connectivity index is 1.71. The molecular formula is C20H18F3NO2. The third-order valence-electron chi connectivity index (χ3n) is 5.27. The third-order valence-corrected chi connectivity index (χ3v) is 5.27. The van der Waals surface area contributed by atoms with Gasteiger partial charge < -0.3 is 9.64 Å². The zero-order valence-corrected chi connectivity index (χ0v) is 14.2. The first-order chi connectivity index (χ1) is 12.3. The molecule has 0 spiro atoms. The molecular weight excluding hydrogens is 343 g/mol. The molecule has 3 nitrogen and oxygen atoms in total. The van der Waals surface area contributed by atoms with Gasteiger partial charge in [0.15, 0.2) is 0 Å². The minimum absolute atomic E-state index is 0.0809. The van der Waals surface area contributed by atoms with E-state index < -0.39 is 23.3 Å². The maximum absolute atomic E-state index is 13.3. The SMILES string of the molecule is C[C@]12CN(Cc3ccccc3)C(=O)[C@H]1c1cccc(C(F)(F)F)c1CO2. The van der Waals surface area contributed by atoms with Crippen molar-refractivity contribution in [2.75, 3.05) is 6.54 Å². The van der Waals surface area contributed by atoms with E-state index in [0.29, 0.717) is 18.7 Å². The zero-order chi connectivity index (χ0) is 18.5. The van der Waals surface area contributed by atoms with Crippen LogP contribution in [0.5, 0.6) is 0 Å². The maximum atomic E-state index is 13.3. The molecule has 0 unspecified atom stereocenters. The summed E-state index contributed by atoms with van der Waals surface area (Å²) in [7, 11) is 0. The van der Waals surface area contributed by atoms with E-state index in [1.807, 2.05) is 37.3 Å². The van der Waals surface area contributed by atoms with E-state index in [1.54, 1.807) is 11.0 Å². The first-order valence-corrected chi connectivity index (χ1v) is 8.45. The highest BCUT2D eigenvalue weighted by molar-refractivity contribution is 5.88. The van der Waals surface area contributed by atoms with Gasteiger partial charge in [0.05, 0.1) is 30.2 Å². The summed E-state index contributed by atoms with van der Waals surface area (Å²) in [5.41, 5.74) is -0.0337. The van der Waals surface area contributed by atoms with Crippen LogP contribution in [-0.4, -0.2) is 23.0 Å². The highest BCUT2D eigenvalue weighted by Gasteiger charge is 2.54. The van der Waals surface area contributed by atoms with E-state index in [0.717, 1.165) is 11.6 Å². The lowest BCUT2D eigenvalue weighted by atomic mass is 9.80. The van der Waals surface area contributed by atoms with E-state index in [4.69, 9.17) is 4.74 Å². The van der Waals surface area contributed by atoms with Crippen molar-refractivity contribution in [1.82, 2.24) is 4.90 Å². The van der Waals surface area contributed by atoms with Crippen LogP contribution in [-0.2, 0) is 28.9 Å². The number of alkyl halides is 3. The number of rotatable bonds is 2. The van der Waals surface area contributed by atoms with Crippen molar-refractivity contribution < 1.29 is 22.7 Å². The normalized spacial score (nSPS) is 25.2. The second kappa shape index (κ2) is 5.84. The molecule has 0 radical (unpaired) electrons. The minimum atomic E-state index is -4.46. The summed E-state index contributed by atoms with van der Waals surface area (Å²) in [5.74, 6) is -0.895. The number of likely N-dealkylation sites (tertiary alicyclic amines) is 1. The van der Waals surface area contributed by atoms with Gasteiger partial charge in [0, 0.05) is 6.54 Å². The summed E-state index contributed by atoms with van der Waals surface area (Å²) in [4.78, 5) is 14.7. The van der Waals surface area contributed by atoms with E-state index in [1.165, 1.54) is 6.07 Å². The van der Waals surface area contributed by atoms with Gasteiger partial charge in [0.2, 0.25) is 5.91 Å². The quantitative estimate of drug-likeness (QED) is 0.805. The fourth-order valence-corrected chi connectivity index (χ4v) is 4.06. The largest absolute Gasteiger partial charge is 0.416 e. The fraction of sp³-hybridized carbons (Fsp3) is 0.350. The van der Waals surface area contributed by atoms with Gasteiger partial charge in [0.25, 0.3) is 0 Å². The highest BCUT2D eigenvalue weighted by Crippen LogP contribution is 2.48. The lowest BCUT2D eigenvalue weighted by Gasteiger charge is -2.36. The van der Waals surface area contributed by atoms with Gasteiger partial charge in [-0.05, 0) is 29.7 Å². The number of halogens is 3. The topological polar surface area (TPSA) is 29.5 Å². The Morgan fingerprint density at radius 3 is 2.58 bits per heavy atom. The molecule has 0 aromatic heterocycles. The summed E-state index contributed by atoms with van der Waals surface area (Å²) in [6.45, 7) is 2.46. The van der Waals surface area contributed by atoms with Crippen molar-refractivity contribution in [3.63, 3.8) is 0 Å². The average Bonchev–Trinajstić information content (AvgIpc) is 2.85. The van der Waals surface area contributed by atoms with Gasteiger partial charge in [-0.25, -0.2) is 0 Å². The molecule has 0 bridgehead atoms. The summed E-state index contributed by atoms with van der Waals surface area (Å²) in [5, 5.41) is 0. The summed E-state index contributed by atoms with van der Waals surface area (Å²) < 4.78 is 45.8. The first kappa shape index (κ1) is 17.1. The van der Waals surface area contributed by atoms with Crippen molar-refractivity contribution >= 4 is 5.91 Å². The van der Waals surface area contributed by atoms with Gasteiger partial charge in [-0.3, -0.25) is 4.79 Å². The Morgan fingerprint density at radius 2 is 1.88 bits per heavy atom. The predicted molar refractivity (Wildman–Crippen MR) is 89.2 cm³/mol. The molecule has 26 heavy (non-hydrogen) atoms. The molecule has 2 aliphatic rings. The first-order valence-electron chi connectivity index (χ1n) is 8.45. The van der Waals surface area contributed by atoms with E-state index >= 15 is 0 Å². The van der Waals surface area contributed by atoms with Crippen LogP contribution in [0.15, 0.2) is 48.5 Å². The lowest BCUT2D eigenvalue weighted by molar-refractivity contribution is -0.142. The molecule has 136 valence electrons. The van der Waals surface area contributed by atoms with Crippen molar-refractivity contribution in [3.05, 3.63) is 70.8 Å². The monoisotopic (exact) mass is 361 g/mol. The Labute approximate surface area is 149 Å². The number of amides is 1. The molecule has 1 amide bonds. The Kier molecular flexibility index (Phi) is 3.84. The van der Waals surface area contributed by atoms with Crippen LogP contribution in [0.4, 0.5) is 13.2 Å². The molecule has 2 atom stereocenters. The molecule has 2 aliphatic heterocycles. The van der Waals surface area contributed by atoms with Crippen LogP contribution in [0.25, 0.3) is 0 Å². The summed E-state index contributed by atoms with van der Waals surface area (Å²) in [6.07, 6.45) is -4.46. The molecule has 0 N–H and O–H groups in total. The summed E-state index contributed by atoms with van der Waals surface area (Å²) >= 11 is 0. The molecule has 4 rings (SSSR count). The Bertz CT molecular complexity index is 850. The molecule has 2 heterocycles. The zero-order valence-electron chi connectivity index (χ0n) is 14.2. The van der Waals surface area contributed by atoms with Crippen molar-refractivity contribution in [1.29, 1.82) is 0 Å². The Morgan fingerprint density at radius 1 is 1.15 bits per heavy atom. The number of hydrogen-bond acceptors (Lipinski definition) is 2. The number of benzene rings is 2. The van der Waals surface area contributed by atoms with Crippen LogP contribution < -0.4 is 0 Å². The molecule has 6 heteroatoms. The van der Waals surface area contributed by atoms with Gasteiger partial charge in [-0.2, -0.15) is 13.2 Å².